The molecule has 0 fully saturated rings. The van der Waals surface area contributed by atoms with Gasteiger partial charge in [-0.15, -0.1) is 12.4 Å². The molecule has 64 valence electrons. The van der Waals surface area contributed by atoms with E-state index in [4.69, 9.17) is 5.11 Å². The van der Waals surface area contributed by atoms with Crippen LogP contribution < -0.4 is 0 Å². The second kappa shape index (κ2) is 4.51. The minimum atomic E-state index is -1.00. The number of aromatic nitrogens is 1. The molecule has 1 rings (SSSR count). The number of aliphatic carboxylic acids is 1. The zero-order chi connectivity index (χ0) is 8.27. The minimum Gasteiger partial charge on any atom is -0.478 e. The SMILES string of the molecule is C=C(C(=O)O)c1ccncc1.Cl. The highest BCUT2D eigenvalue weighted by Crippen LogP contribution is 2.09. The summed E-state index contributed by atoms with van der Waals surface area (Å²) in [6, 6.07) is 3.22. The second-order valence-corrected chi connectivity index (χ2v) is 2.02. The van der Waals surface area contributed by atoms with Crippen molar-refractivity contribution in [1.29, 1.82) is 0 Å². The molecular formula is C8H8ClNO2. The number of carboxylic acids is 1. The van der Waals surface area contributed by atoms with Gasteiger partial charge in [0.05, 0.1) is 5.57 Å². The lowest BCUT2D eigenvalue weighted by molar-refractivity contribution is -0.130. The minimum absolute atomic E-state index is 0. The molecule has 1 N–H and O–H groups in total. The molecule has 4 heteroatoms. The molecule has 0 unspecified atom stereocenters. The highest BCUT2D eigenvalue weighted by molar-refractivity contribution is 6.14. The highest BCUT2D eigenvalue weighted by atomic mass is 35.5. The maximum absolute atomic E-state index is 10.4. The molecule has 0 aromatic carbocycles. The number of hydrogen-bond donors (Lipinski definition) is 1. The van der Waals surface area contributed by atoms with E-state index in [1.165, 1.54) is 12.4 Å². The van der Waals surface area contributed by atoms with E-state index in [-0.39, 0.29) is 18.0 Å². The van der Waals surface area contributed by atoms with E-state index in [1.807, 2.05) is 0 Å². The van der Waals surface area contributed by atoms with Crippen LogP contribution >= 0.6 is 12.4 Å². The van der Waals surface area contributed by atoms with Crippen molar-refractivity contribution in [3.8, 4) is 0 Å². The Morgan fingerprint density at radius 2 is 1.92 bits per heavy atom. The van der Waals surface area contributed by atoms with Gasteiger partial charge >= 0.3 is 5.97 Å². The number of carboxylic acid groups (broad SMARTS) is 1. The predicted octanol–water partition coefficient (Wildman–Crippen LogP) is 1.60. The summed E-state index contributed by atoms with van der Waals surface area (Å²) in [5.74, 6) is -1.00. The lowest BCUT2D eigenvalue weighted by atomic mass is 10.1. The molecule has 0 bridgehead atoms. The van der Waals surface area contributed by atoms with Crippen molar-refractivity contribution in [2.75, 3.05) is 0 Å². The van der Waals surface area contributed by atoms with E-state index in [9.17, 15) is 4.79 Å². The van der Waals surface area contributed by atoms with Gasteiger partial charge in [-0.2, -0.15) is 0 Å². The fraction of sp³-hybridized carbons (Fsp3) is 0. The van der Waals surface area contributed by atoms with Gasteiger partial charge in [-0.25, -0.2) is 4.79 Å². The molecule has 0 amide bonds. The van der Waals surface area contributed by atoms with Crippen LogP contribution in [-0.4, -0.2) is 16.1 Å². The fourth-order valence-electron chi connectivity index (χ4n) is 0.677. The zero-order valence-electron chi connectivity index (χ0n) is 6.23. The van der Waals surface area contributed by atoms with Crippen molar-refractivity contribution < 1.29 is 9.90 Å². The van der Waals surface area contributed by atoms with Crippen LogP contribution in [0.15, 0.2) is 31.1 Å². The molecule has 3 nitrogen and oxygen atoms in total. The van der Waals surface area contributed by atoms with Gasteiger partial charge in [0.2, 0.25) is 0 Å². The summed E-state index contributed by atoms with van der Waals surface area (Å²) in [5, 5.41) is 8.52. The molecule has 1 heterocycles. The molecule has 0 aliphatic carbocycles. The fourth-order valence-corrected chi connectivity index (χ4v) is 0.677. The standard InChI is InChI=1S/C8H7NO2.ClH/c1-6(8(10)11)7-2-4-9-5-3-7;/h2-5H,1H2,(H,10,11);1H. The van der Waals surface area contributed by atoms with Crippen molar-refractivity contribution >= 4 is 23.9 Å². The van der Waals surface area contributed by atoms with Gasteiger partial charge in [0, 0.05) is 12.4 Å². The van der Waals surface area contributed by atoms with E-state index < -0.39 is 5.97 Å². The lowest BCUT2D eigenvalue weighted by Gasteiger charge is -1.96. The van der Waals surface area contributed by atoms with Crippen LogP contribution in [-0.2, 0) is 4.79 Å². The van der Waals surface area contributed by atoms with Crippen molar-refractivity contribution in [3.05, 3.63) is 36.7 Å². The van der Waals surface area contributed by atoms with E-state index in [0.717, 1.165) is 0 Å². The number of rotatable bonds is 2. The van der Waals surface area contributed by atoms with E-state index >= 15 is 0 Å². The van der Waals surface area contributed by atoms with Gasteiger partial charge in [-0.1, -0.05) is 6.58 Å². The number of nitrogens with zero attached hydrogens (tertiary/aromatic N) is 1. The van der Waals surface area contributed by atoms with Gasteiger partial charge in [0.1, 0.15) is 0 Å². The molecule has 0 aliphatic heterocycles. The second-order valence-electron chi connectivity index (χ2n) is 2.02. The van der Waals surface area contributed by atoms with Crippen LogP contribution in [0.5, 0.6) is 0 Å². The molecule has 1 aromatic rings. The Morgan fingerprint density at radius 1 is 1.42 bits per heavy atom. The van der Waals surface area contributed by atoms with Crippen LogP contribution in [0.1, 0.15) is 5.56 Å². The van der Waals surface area contributed by atoms with Gasteiger partial charge in [0.25, 0.3) is 0 Å². The first kappa shape index (κ1) is 10.7. The first-order valence-corrected chi connectivity index (χ1v) is 3.04. The number of pyridine rings is 1. The lowest BCUT2D eigenvalue weighted by Crippen LogP contribution is -1.97. The Bertz CT molecular complexity index is 284. The third-order valence-electron chi connectivity index (χ3n) is 1.29. The van der Waals surface area contributed by atoms with Crippen LogP contribution in [0.4, 0.5) is 0 Å². The Morgan fingerprint density at radius 3 is 2.33 bits per heavy atom. The van der Waals surface area contributed by atoms with Gasteiger partial charge in [-0.3, -0.25) is 4.98 Å². The van der Waals surface area contributed by atoms with Gasteiger partial charge < -0.3 is 5.11 Å². The normalized spacial score (nSPS) is 8.33. The van der Waals surface area contributed by atoms with Crippen molar-refractivity contribution in [2.24, 2.45) is 0 Å². The number of carbonyl (C=O) groups is 1. The summed E-state index contributed by atoms with van der Waals surface area (Å²) in [6.45, 7) is 3.40. The Kier molecular flexibility index (Phi) is 4.00. The smallest absolute Gasteiger partial charge is 0.335 e. The highest BCUT2D eigenvalue weighted by Gasteiger charge is 2.04. The average molecular weight is 186 g/mol. The summed E-state index contributed by atoms with van der Waals surface area (Å²) < 4.78 is 0. The van der Waals surface area contributed by atoms with Crippen molar-refractivity contribution in [3.63, 3.8) is 0 Å². The van der Waals surface area contributed by atoms with Crippen LogP contribution in [0.3, 0.4) is 0 Å². The molecule has 0 radical (unpaired) electrons. The molecule has 0 spiro atoms. The maximum Gasteiger partial charge on any atom is 0.335 e. The van der Waals surface area contributed by atoms with E-state index in [0.29, 0.717) is 5.56 Å². The van der Waals surface area contributed by atoms with Crippen molar-refractivity contribution in [1.82, 2.24) is 4.98 Å². The third kappa shape index (κ3) is 2.36. The Hall–Kier alpha value is -1.35. The largest absolute Gasteiger partial charge is 0.478 e. The molecule has 0 saturated heterocycles. The third-order valence-corrected chi connectivity index (χ3v) is 1.29. The van der Waals surface area contributed by atoms with E-state index in [2.05, 4.69) is 11.6 Å². The van der Waals surface area contributed by atoms with Gasteiger partial charge in [0.15, 0.2) is 0 Å². The van der Waals surface area contributed by atoms with Crippen LogP contribution in [0.25, 0.3) is 5.57 Å². The number of halogens is 1. The molecular weight excluding hydrogens is 178 g/mol. The predicted molar refractivity (Wildman–Crippen MR) is 48.2 cm³/mol. The summed E-state index contributed by atoms with van der Waals surface area (Å²) in [6.07, 6.45) is 3.06. The first-order chi connectivity index (χ1) is 5.22. The van der Waals surface area contributed by atoms with Gasteiger partial charge in [-0.05, 0) is 17.7 Å². The number of hydrogen-bond acceptors (Lipinski definition) is 2. The monoisotopic (exact) mass is 185 g/mol. The van der Waals surface area contributed by atoms with Crippen LogP contribution in [0, 0.1) is 0 Å². The molecule has 0 atom stereocenters. The molecule has 0 saturated carbocycles. The van der Waals surface area contributed by atoms with E-state index in [1.54, 1.807) is 12.1 Å². The van der Waals surface area contributed by atoms with Crippen molar-refractivity contribution in [2.45, 2.75) is 0 Å². The molecule has 1 aromatic heterocycles. The Labute approximate surface area is 76.2 Å². The summed E-state index contributed by atoms with van der Waals surface area (Å²) in [5.41, 5.74) is 0.680. The molecule has 0 aliphatic rings. The maximum atomic E-state index is 10.4. The zero-order valence-corrected chi connectivity index (χ0v) is 7.04. The Balaban J connectivity index is 0.00000121. The average Bonchev–Trinajstić information content (AvgIpc) is 2.05. The topological polar surface area (TPSA) is 50.2 Å². The summed E-state index contributed by atoms with van der Waals surface area (Å²) in [7, 11) is 0. The first-order valence-electron chi connectivity index (χ1n) is 3.04. The molecule has 12 heavy (non-hydrogen) atoms. The summed E-state index contributed by atoms with van der Waals surface area (Å²) in [4.78, 5) is 14.1. The van der Waals surface area contributed by atoms with Crippen LogP contribution in [0.2, 0.25) is 0 Å². The summed E-state index contributed by atoms with van der Waals surface area (Å²) >= 11 is 0. The quantitative estimate of drug-likeness (QED) is 0.713.